The number of anilines is 2. The van der Waals surface area contributed by atoms with E-state index in [9.17, 15) is 4.79 Å². The van der Waals surface area contributed by atoms with Crippen LogP contribution < -0.4 is 16.0 Å². The molecular weight excluding hydrogens is 274 g/mol. The quantitative estimate of drug-likeness (QED) is 0.785. The van der Waals surface area contributed by atoms with Crippen molar-refractivity contribution in [3.05, 3.63) is 10.9 Å². The fourth-order valence-corrected chi connectivity index (χ4v) is 3.57. The van der Waals surface area contributed by atoms with Crippen molar-refractivity contribution in [1.29, 1.82) is 0 Å². The molecule has 0 bridgehead atoms. The number of hydrogen-bond acceptors (Lipinski definition) is 5. The summed E-state index contributed by atoms with van der Waals surface area (Å²) in [5.74, 6) is 0.382. The largest absolute Gasteiger partial charge is 0.397 e. The molecule has 1 saturated carbocycles. The number of nitrogens with zero attached hydrogens (tertiary/aromatic N) is 1. The molecule has 5 nitrogen and oxygen atoms in total. The van der Waals surface area contributed by atoms with Gasteiger partial charge in [-0.2, -0.15) is 0 Å². The molecule has 2 aliphatic rings. The molecule has 1 aromatic heterocycles. The molecule has 2 fully saturated rings. The maximum absolute atomic E-state index is 12.1. The number of amides is 1. The van der Waals surface area contributed by atoms with Gasteiger partial charge in [0.25, 0.3) is 5.91 Å². The highest BCUT2D eigenvalue weighted by Crippen LogP contribution is 2.35. The molecule has 0 unspecified atom stereocenters. The summed E-state index contributed by atoms with van der Waals surface area (Å²) in [6.45, 7) is 2.12. The number of piperidine rings is 1. The summed E-state index contributed by atoms with van der Waals surface area (Å²) >= 11 is 1.48. The monoisotopic (exact) mass is 295 g/mol. The predicted octanol–water partition coefficient (Wildman–Crippen LogP) is 1.43. The summed E-state index contributed by atoms with van der Waals surface area (Å²) in [6.07, 6.45) is 4.16. The van der Waals surface area contributed by atoms with E-state index < -0.39 is 0 Å². The third-order valence-electron chi connectivity index (χ3n) is 4.05. The minimum atomic E-state index is -0.0357. The lowest BCUT2D eigenvalue weighted by Gasteiger charge is -2.31. The Morgan fingerprint density at radius 2 is 2.10 bits per heavy atom. The zero-order valence-corrected chi connectivity index (χ0v) is 12.3. The van der Waals surface area contributed by atoms with E-state index in [0.29, 0.717) is 22.5 Å². The van der Waals surface area contributed by atoms with E-state index >= 15 is 0 Å². The molecular formula is C14H21N3O2S. The van der Waals surface area contributed by atoms with E-state index in [1.54, 1.807) is 0 Å². The van der Waals surface area contributed by atoms with Crippen LogP contribution in [-0.2, 0) is 0 Å². The number of hydrogen-bond donors (Lipinski definition) is 3. The molecule has 1 aliphatic carbocycles. The molecule has 3 rings (SSSR count). The van der Waals surface area contributed by atoms with Gasteiger partial charge in [0.05, 0.1) is 10.7 Å². The van der Waals surface area contributed by atoms with E-state index in [-0.39, 0.29) is 12.5 Å². The second-order valence-electron chi connectivity index (χ2n) is 5.73. The Hall–Kier alpha value is -1.27. The maximum Gasteiger partial charge on any atom is 0.263 e. The number of nitrogens with two attached hydrogens (primary N) is 1. The van der Waals surface area contributed by atoms with Gasteiger partial charge < -0.3 is 21.1 Å². The van der Waals surface area contributed by atoms with Crippen LogP contribution in [0.15, 0.2) is 6.07 Å². The normalized spacial score (nSPS) is 20.1. The Bertz CT molecular complexity index is 491. The van der Waals surface area contributed by atoms with Gasteiger partial charge in [0, 0.05) is 25.7 Å². The first-order chi connectivity index (χ1) is 9.67. The lowest BCUT2D eigenvalue weighted by atomic mass is 9.98. The van der Waals surface area contributed by atoms with Crippen LogP contribution in [0.1, 0.15) is 35.4 Å². The molecule has 0 radical (unpaired) electrons. The van der Waals surface area contributed by atoms with E-state index in [2.05, 4.69) is 10.2 Å². The average Bonchev–Trinajstić information content (AvgIpc) is 3.18. The van der Waals surface area contributed by atoms with Crippen LogP contribution in [0.2, 0.25) is 0 Å². The molecule has 1 saturated heterocycles. The van der Waals surface area contributed by atoms with Gasteiger partial charge in [-0.05, 0) is 37.7 Å². The Morgan fingerprint density at radius 3 is 2.70 bits per heavy atom. The van der Waals surface area contributed by atoms with Crippen LogP contribution in [-0.4, -0.2) is 36.8 Å². The summed E-state index contributed by atoms with van der Waals surface area (Å²) in [5.41, 5.74) is 6.56. The van der Waals surface area contributed by atoms with Gasteiger partial charge in [0.1, 0.15) is 4.88 Å². The van der Waals surface area contributed by atoms with Gasteiger partial charge in [0.15, 0.2) is 0 Å². The lowest BCUT2D eigenvalue weighted by Crippen LogP contribution is -2.34. The van der Waals surface area contributed by atoms with Gasteiger partial charge in [-0.15, -0.1) is 11.3 Å². The fourth-order valence-electron chi connectivity index (χ4n) is 2.54. The molecule has 1 aromatic rings. The zero-order chi connectivity index (χ0) is 14.1. The SMILES string of the molecule is Nc1cc(N2CCC(CO)CC2)sc1C(=O)NC1CC1. The molecule has 2 heterocycles. The van der Waals surface area contributed by atoms with Gasteiger partial charge in [-0.3, -0.25) is 4.79 Å². The topological polar surface area (TPSA) is 78.6 Å². The average molecular weight is 295 g/mol. The molecule has 20 heavy (non-hydrogen) atoms. The molecule has 0 spiro atoms. The molecule has 1 aliphatic heterocycles. The standard InChI is InChI=1S/C14H21N3O2S/c15-11-7-12(17-5-3-9(8-18)4-6-17)20-13(11)14(19)16-10-1-2-10/h7,9-10,18H,1-6,8,15H2,(H,16,19). The molecule has 0 atom stereocenters. The van der Waals surface area contributed by atoms with Crippen molar-refractivity contribution in [2.45, 2.75) is 31.7 Å². The van der Waals surface area contributed by atoms with Crippen molar-refractivity contribution in [2.75, 3.05) is 30.3 Å². The van der Waals surface area contributed by atoms with Gasteiger partial charge >= 0.3 is 0 Å². The third-order valence-corrected chi connectivity index (χ3v) is 5.26. The number of aliphatic hydroxyl groups excluding tert-OH is 1. The second-order valence-corrected chi connectivity index (χ2v) is 6.76. The minimum absolute atomic E-state index is 0.0357. The summed E-state index contributed by atoms with van der Waals surface area (Å²) in [4.78, 5) is 15.0. The van der Waals surface area contributed by atoms with Crippen LogP contribution in [0.3, 0.4) is 0 Å². The summed E-state index contributed by atoms with van der Waals surface area (Å²) in [5, 5.41) is 13.2. The number of aliphatic hydroxyl groups is 1. The van der Waals surface area contributed by atoms with E-state index in [1.807, 2.05) is 6.07 Å². The number of thiophene rings is 1. The zero-order valence-electron chi connectivity index (χ0n) is 11.5. The van der Waals surface area contributed by atoms with Crippen molar-refractivity contribution >= 4 is 27.9 Å². The Balaban J connectivity index is 1.67. The van der Waals surface area contributed by atoms with Gasteiger partial charge in [-0.25, -0.2) is 0 Å². The van der Waals surface area contributed by atoms with Crippen LogP contribution in [0.4, 0.5) is 10.7 Å². The van der Waals surface area contributed by atoms with E-state index in [4.69, 9.17) is 10.8 Å². The number of carbonyl (C=O) groups is 1. The van der Waals surface area contributed by atoms with Crippen LogP contribution >= 0.6 is 11.3 Å². The number of carbonyl (C=O) groups excluding carboxylic acids is 1. The smallest absolute Gasteiger partial charge is 0.263 e. The first kappa shape index (κ1) is 13.7. The molecule has 4 N–H and O–H groups in total. The van der Waals surface area contributed by atoms with E-state index in [0.717, 1.165) is 43.8 Å². The van der Waals surface area contributed by atoms with Crippen LogP contribution in [0.5, 0.6) is 0 Å². The Labute approximate surface area is 122 Å². The highest BCUT2D eigenvalue weighted by Gasteiger charge is 2.27. The first-order valence-electron chi connectivity index (χ1n) is 7.23. The second kappa shape index (κ2) is 5.61. The molecule has 0 aromatic carbocycles. The highest BCUT2D eigenvalue weighted by atomic mass is 32.1. The van der Waals surface area contributed by atoms with Crippen LogP contribution in [0, 0.1) is 5.92 Å². The highest BCUT2D eigenvalue weighted by molar-refractivity contribution is 7.18. The van der Waals surface area contributed by atoms with E-state index in [1.165, 1.54) is 11.3 Å². The first-order valence-corrected chi connectivity index (χ1v) is 8.05. The maximum atomic E-state index is 12.1. The number of nitrogen functional groups attached to an aromatic ring is 1. The van der Waals surface area contributed by atoms with Crippen LogP contribution in [0.25, 0.3) is 0 Å². The molecule has 1 amide bonds. The van der Waals surface area contributed by atoms with Gasteiger partial charge in [0.2, 0.25) is 0 Å². The molecule has 110 valence electrons. The van der Waals surface area contributed by atoms with Gasteiger partial charge in [-0.1, -0.05) is 0 Å². The van der Waals surface area contributed by atoms with Crippen molar-refractivity contribution in [3.8, 4) is 0 Å². The van der Waals surface area contributed by atoms with Crippen molar-refractivity contribution in [2.24, 2.45) is 5.92 Å². The minimum Gasteiger partial charge on any atom is -0.397 e. The summed E-state index contributed by atoms with van der Waals surface area (Å²) < 4.78 is 0. The summed E-state index contributed by atoms with van der Waals surface area (Å²) in [6, 6.07) is 2.26. The Morgan fingerprint density at radius 1 is 1.40 bits per heavy atom. The van der Waals surface area contributed by atoms with Crippen molar-refractivity contribution in [3.63, 3.8) is 0 Å². The fraction of sp³-hybridized carbons (Fsp3) is 0.643. The molecule has 6 heteroatoms. The summed E-state index contributed by atoms with van der Waals surface area (Å²) in [7, 11) is 0. The third kappa shape index (κ3) is 2.91. The number of nitrogens with one attached hydrogen (secondary N) is 1. The van der Waals surface area contributed by atoms with Crippen molar-refractivity contribution < 1.29 is 9.90 Å². The lowest BCUT2D eigenvalue weighted by molar-refractivity contribution is 0.0956. The van der Waals surface area contributed by atoms with Crippen molar-refractivity contribution in [1.82, 2.24) is 5.32 Å². The predicted molar refractivity (Wildman–Crippen MR) is 81.2 cm³/mol. The number of rotatable bonds is 4. The Kier molecular flexibility index (Phi) is 3.85.